The van der Waals surface area contributed by atoms with Gasteiger partial charge < -0.3 is 10.6 Å². The van der Waals surface area contributed by atoms with E-state index in [1.165, 1.54) is 0 Å². The van der Waals surface area contributed by atoms with E-state index in [0.29, 0.717) is 16.8 Å². The Kier molecular flexibility index (Phi) is 4.66. The van der Waals surface area contributed by atoms with Gasteiger partial charge >= 0.3 is 0 Å². The summed E-state index contributed by atoms with van der Waals surface area (Å²) in [6, 6.07) is 6.68. The van der Waals surface area contributed by atoms with Gasteiger partial charge in [-0.25, -0.2) is 0 Å². The lowest BCUT2D eigenvalue weighted by atomic mass is 10.0. The Morgan fingerprint density at radius 2 is 1.89 bits per heavy atom. The molecule has 1 rings (SSSR count). The molecule has 0 aromatic heterocycles. The predicted molar refractivity (Wildman–Crippen MR) is 72.7 cm³/mol. The van der Waals surface area contributed by atoms with Crippen molar-refractivity contribution in [1.29, 1.82) is 0 Å². The van der Waals surface area contributed by atoms with Gasteiger partial charge in [0.25, 0.3) is 0 Å². The number of hydrogen-bond acceptors (Lipinski definition) is 3. The smallest absolute Gasteiger partial charge is 0.241 e. The first-order chi connectivity index (χ1) is 8.47. The summed E-state index contributed by atoms with van der Waals surface area (Å²) in [6.45, 7) is 7.05. The molecule has 0 spiro atoms. The summed E-state index contributed by atoms with van der Waals surface area (Å²) in [7, 11) is 1.57. The molecule has 0 aliphatic carbocycles. The summed E-state index contributed by atoms with van der Waals surface area (Å²) in [5.74, 6) is -0.255. The minimum Gasteiger partial charge on any atom is -0.373 e. The molecule has 0 aliphatic rings. The second kappa shape index (κ2) is 6.00. The van der Waals surface area contributed by atoms with E-state index in [2.05, 4.69) is 17.2 Å². The zero-order valence-electron chi connectivity index (χ0n) is 10.9. The second-order valence-electron chi connectivity index (χ2n) is 4.14. The first kappa shape index (κ1) is 14.0. The number of rotatable bonds is 5. The summed E-state index contributed by atoms with van der Waals surface area (Å²) in [6.07, 6.45) is 0. The van der Waals surface area contributed by atoms with E-state index in [1.54, 1.807) is 39.1 Å². The van der Waals surface area contributed by atoms with Gasteiger partial charge in [0.05, 0.1) is 0 Å². The maximum atomic E-state index is 11.9. The van der Waals surface area contributed by atoms with Crippen LogP contribution in [0.25, 0.3) is 0 Å². The molecular weight excluding hydrogens is 228 g/mol. The van der Waals surface area contributed by atoms with E-state index in [0.717, 1.165) is 0 Å². The molecular formula is C14H18N2O2. The van der Waals surface area contributed by atoms with Crippen molar-refractivity contribution in [3.8, 4) is 0 Å². The van der Waals surface area contributed by atoms with Crippen LogP contribution in [-0.2, 0) is 4.79 Å². The average molecular weight is 246 g/mol. The van der Waals surface area contributed by atoms with Crippen molar-refractivity contribution in [2.24, 2.45) is 0 Å². The number of carbonyl (C=O) groups excluding carboxylic acids is 2. The lowest BCUT2D eigenvalue weighted by Gasteiger charge is -2.16. The largest absolute Gasteiger partial charge is 0.373 e. The Hall–Kier alpha value is -2.10. The number of amides is 1. The van der Waals surface area contributed by atoms with E-state index >= 15 is 0 Å². The zero-order valence-corrected chi connectivity index (χ0v) is 10.9. The summed E-state index contributed by atoms with van der Waals surface area (Å²) >= 11 is 0. The number of hydrogen-bond donors (Lipinski definition) is 2. The predicted octanol–water partition coefficient (Wildman–Crippen LogP) is 1.99. The molecule has 0 fully saturated rings. The summed E-state index contributed by atoms with van der Waals surface area (Å²) in [5.41, 5.74) is 1.64. The fourth-order valence-electron chi connectivity index (χ4n) is 1.55. The minimum absolute atomic E-state index is 0.123. The molecule has 0 radical (unpaired) electrons. The van der Waals surface area contributed by atoms with Crippen molar-refractivity contribution in [2.75, 3.05) is 12.4 Å². The first-order valence-corrected chi connectivity index (χ1v) is 5.74. The highest BCUT2D eigenvalue weighted by molar-refractivity contribution is 6.11. The van der Waals surface area contributed by atoms with Crippen LogP contribution in [0.2, 0.25) is 0 Å². The molecule has 2 N–H and O–H groups in total. The molecule has 96 valence electrons. The first-order valence-electron chi connectivity index (χ1n) is 5.74. The number of ketones is 1. The van der Waals surface area contributed by atoms with Gasteiger partial charge in [-0.05, 0) is 31.6 Å². The van der Waals surface area contributed by atoms with Gasteiger partial charge in [-0.15, -0.1) is 0 Å². The van der Waals surface area contributed by atoms with Gasteiger partial charge in [-0.2, -0.15) is 0 Å². The van der Waals surface area contributed by atoms with E-state index < -0.39 is 6.04 Å². The van der Waals surface area contributed by atoms with Crippen LogP contribution in [0.5, 0.6) is 0 Å². The van der Waals surface area contributed by atoms with Crippen molar-refractivity contribution in [3.05, 3.63) is 42.0 Å². The number of benzene rings is 1. The third kappa shape index (κ3) is 3.20. The number of carbonyl (C=O) groups is 2. The summed E-state index contributed by atoms with van der Waals surface area (Å²) in [4.78, 5) is 23.4. The Labute approximate surface area is 107 Å². The highest BCUT2D eigenvalue weighted by atomic mass is 16.2. The van der Waals surface area contributed by atoms with Gasteiger partial charge in [0.2, 0.25) is 5.91 Å². The topological polar surface area (TPSA) is 58.2 Å². The molecule has 0 heterocycles. The van der Waals surface area contributed by atoms with Crippen LogP contribution in [0.15, 0.2) is 36.4 Å². The van der Waals surface area contributed by atoms with Crippen molar-refractivity contribution in [3.63, 3.8) is 0 Å². The molecule has 1 atom stereocenters. The SMILES string of the molecule is C=C(C)C(=O)c1ccccc1NC(C)C(=O)NC. The van der Waals surface area contributed by atoms with Crippen LogP contribution in [0.4, 0.5) is 5.69 Å². The zero-order chi connectivity index (χ0) is 13.7. The third-order valence-corrected chi connectivity index (χ3v) is 2.57. The summed E-state index contributed by atoms with van der Waals surface area (Å²) in [5, 5.41) is 5.58. The number of anilines is 1. The number of nitrogens with one attached hydrogen (secondary N) is 2. The molecule has 18 heavy (non-hydrogen) atoms. The van der Waals surface area contributed by atoms with Crippen LogP contribution in [0.3, 0.4) is 0 Å². The normalized spacial score (nSPS) is 11.5. The number of likely N-dealkylation sites (N-methyl/N-ethyl adjacent to an activating group) is 1. The maximum absolute atomic E-state index is 11.9. The van der Waals surface area contributed by atoms with E-state index in [4.69, 9.17) is 0 Å². The molecule has 1 unspecified atom stereocenters. The molecule has 1 amide bonds. The quantitative estimate of drug-likeness (QED) is 0.617. The Morgan fingerprint density at radius 3 is 2.44 bits per heavy atom. The lowest BCUT2D eigenvalue weighted by Crippen LogP contribution is -2.35. The third-order valence-electron chi connectivity index (χ3n) is 2.57. The van der Waals surface area contributed by atoms with E-state index in [9.17, 15) is 9.59 Å². The van der Waals surface area contributed by atoms with E-state index in [1.807, 2.05) is 6.07 Å². The van der Waals surface area contributed by atoms with Gasteiger partial charge in [-0.3, -0.25) is 9.59 Å². The molecule has 4 nitrogen and oxygen atoms in total. The Morgan fingerprint density at radius 1 is 1.28 bits per heavy atom. The standard InChI is InChI=1S/C14H18N2O2/c1-9(2)13(17)11-7-5-6-8-12(11)16-10(3)14(18)15-4/h5-8,10,16H,1H2,2-4H3,(H,15,18). The van der Waals surface area contributed by atoms with Gasteiger partial charge in [0.15, 0.2) is 5.78 Å². The molecule has 0 aliphatic heterocycles. The van der Waals surface area contributed by atoms with Crippen LogP contribution in [-0.4, -0.2) is 24.8 Å². The van der Waals surface area contributed by atoms with Crippen molar-refractivity contribution < 1.29 is 9.59 Å². The minimum atomic E-state index is -0.408. The molecule has 4 heteroatoms. The fourth-order valence-corrected chi connectivity index (χ4v) is 1.55. The van der Waals surface area contributed by atoms with Crippen LogP contribution in [0, 0.1) is 0 Å². The van der Waals surface area contributed by atoms with Gasteiger partial charge in [0, 0.05) is 18.3 Å². The van der Waals surface area contributed by atoms with Crippen molar-refractivity contribution in [1.82, 2.24) is 5.32 Å². The summed E-state index contributed by atoms with van der Waals surface area (Å²) < 4.78 is 0. The van der Waals surface area contributed by atoms with Gasteiger partial charge in [-0.1, -0.05) is 18.7 Å². The monoisotopic (exact) mass is 246 g/mol. The maximum Gasteiger partial charge on any atom is 0.241 e. The van der Waals surface area contributed by atoms with Crippen LogP contribution in [0.1, 0.15) is 24.2 Å². The number of para-hydroxylation sites is 1. The highest BCUT2D eigenvalue weighted by Crippen LogP contribution is 2.19. The molecule has 1 aromatic rings. The lowest BCUT2D eigenvalue weighted by molar-refractivity contribution is -0.121. The molecule has 1 aromatic carbocycles. The fraction of sp³-hybridized carbons (Fsp3) is 0.286. The Balaban J connectivity index is 2.99. The van der Waals surface area contributed by atoms with Crippen LogP contribution >= 0.6 is 0 Å². The molecule has 0 saturated heterocycles. The van der Waals surface area contributed by atoms with E-state index in [-0.39, 0.29) is 11.7 Å². The Bertz CT molecular complexity index is 480. The molecule has 0 bridgehead atoms. The van der Waals surface area contributed by atoms with Gasteiger partial charge in [0.1, 0.15) is 6.04 Å². The molecule has 0 saturated carbocycles. The number of allylic oxidation sites excluding steroid dienone is 1. The second-order valence-corrected chi connectivity index (χ2v) is 4.14. The van der Waals surface area contributed by atoms with Crippen molar-refractivity contribution in [2.45, 2.75) is 19.9 Å². The van der Waals surface area contributed by atoms with Crippen LogP contribution < -0.4 is 10.6 Å². The highest BCUT2D eigenvalue weighted by Gasteiger charge is 2.15. The number of Topliss-reactive ketones (excluding diaryl/α,β-unsaturated/α-hetero) is 1. The average Bonchev–Trinajstić information content (AvgIpc) is 2.37. The van der Waals surface area contributed by atoms with Crippen molar-refractivity contribution >= 4 is 17.4 Å².